The highest BCUT2D eigenvalue weighted by Gasteiger charge is 2.61. The van der Waals surface area contributed by atoms with Crippen LogP contribution in [0.2, 0.25) is 5.02 Å². The number of pyridine rings is 1. The molecule has 2 unspecified atom stereocenters. The van der Waals surface area contributed by atoms with E-state index in [2.05, 4.69) is 34.7 Å². The number of hydrogen-bond acceptors (Lipinski definition) is 13. The number of aliphatic carboxylic acids is 1. The van der Waals surface area contributed by atoms with Crippen LogP contribution in [0.4, 0.5) is 9.93 Å². The van der Waals surface area contributed by atoms with Gasteiger partial charge in [-0.1, -0.05) is 45.7 Å². The number of carbonyl (C=O) groups excluding carboxylic acids is 3. The van der Waals surface area contributed by atoms with E-state index in [0.717, 1.165) is 24.5 Å². The smallest absolute Gasteiger partial charge is 0.408 e. The largest absolute Gasteiger partial charge is 0.491 e. The number of carboxylic acid groups (broad SMARTS) is 1. The van der Waals surface area contributed by atoms with Crippen molar-refractivity contribution in [3.05, 3.63) is 28.6 Å². The summed E-state index contributed by atoms with van der Waals surface area (Å²) in [5.74, 6) is -0.397. The average molecular weight is 939 g/mol. The number of rotatable bonds is 16. The molecule has 5 aliphatic rings. The lowest BCUT2D eigenvalue weighted by atomic mass is 9.85. The van der Waals surface area contributed by atoms with Crippen molar-refractivity contribution in [1.29, 1.82) is 0 Å². The van der Waals surface area contributed by atoms with E-state index < -0.39 is 53.0 Å². The highest BCUT2D eigenvalue weighted by Crippen LogP contribution is 2.52. The molecule has 2 aromatic heterocycles. The van der Waals surface area contributed by atoms with Gasteiger partial charge >= 0.3 is 12.1 Å². The molecule has 16 nitrogen and oxygen atoms in total. The van der Waals surface area contributed by atoms with Gasteiger partial charge in [-0.25, -0.2) is 19.6 Å². The fourth-order valence-corrected chi connectivity index (χ4v) is 11.0. The predicted octanol–water partition coefficient (Wildman–Crippen LogP) is 6.98. The number of hydrogen-bond donors (Lipinski definition) is 4. The number of nitrogens with zero attached hydrogens (tertiary/aromatic N) is 4. The minimum atomic E-state index is -1.42. The number of alkyl carbamates (subject to hydrolysis) is 1. The van der Waals surface area contributed by atoms with Crippen LogP contribution in [0.3, 0.4) is 0 Å². The number of fused-ring (bicyclic) bond motifs is 2. The molecular formula is C47H64ClN7O9S. The molecule has 0 radical (unpaired) electrons. The van der Waals surface area contributed by atoms with Crippen LogP contribution in [-0.2, 0) is 23.9 Å². The first-order valence-corrected chi connectivity index (χ1v) is 24.3. The van der Waals surface area contributed by atoms with E-state index in [4.69, 9.17) is 40.5 Å². The summed E-state index contributed by atoms with van der Waals surface area (Å²) >= 11 is 8.61. The molecule has 2 saturated heterocycles. The average Bonchev–Trinajstić information content (AvgIpc) is 3.91. The van der Waals surface area contributed by atoms with Crippen LogP contribution >= 0.6 is 22.9 Å². The Bertz CT molecular complexity index is 2290. The second kappa shape index (κ2) is 18.3. The molecule has 8 atom stereocenters. The Morgan fingerprint density at radius 2 is 1.80 bits per heavy atom. The molecule has 1 aromatic carbocycles. The molecule has 18 heteroatoms. The molecule has 3 amide bonds. The summed E-state index contributed by atoms with van der Waals surface area (Å²) < 4.78 is 24.6. The van der Waals surface area contributed by atoms with Crippen LogP contribution in [0.25, 0.3) is 22.3 Å². The Morgan fingerprint density at radius 1 is 1.05 bits per heavy atom. The number of likely N-dealkylation sites (tertiary alicyclic amines) is 1. The van der Waals surface area contributed by atoms with Gasteiger partial charge < -0.3 is 44.9 Å². The Kier molecular flexibility index (Phi) is 13.3. The van der Waals surface area contributed by atoms with E-state index in [1.807, 2.05) is 53.0 Å². The molecule has 3 aliphatic carbocycles. The summed E-state index contributed by atoms with van der Waals surface area (Å²) in [6.07, 6.45) is 2.09. The maximum atomic E-state index is 14.8. The fraction of sp³-hybridized carbons (Fsp3) is 0.660. The third-order valence-corrected chi connectivity index (χ3v) is 14.9. The lowest BCUT2D eigenvalue weighted by molar-refractivity contribution is -0.146. The van der Waals surface area contributed by atoms with E-state index in [1.165, 1.54) is 22.7 Å². The van der Waals surface area contributed by atoms with E-state index in [-0.39, 0.29) is 36.6 Å². The van der Waals surface area contributed by atoms with Crippen LogP contribution < -0.4 is 25.4 Å². The first-order chi connectivity index (χ1) is 30.8. The Balaban J connectivity index is 1.09. The molecular weight excluding hydrogens is 874 g/mol. The number of aromatic nitrogens is 2. The monoisotopic (exact) mass is 937 g/mol. The van der Waals surface area contributed by atoms with Crippen molar-refractivity contribution in [1.82, 2.24) is 30.4 Å². The van der Waals surface area contributed by atoms with Crippen LogP contribution in [0.15, 0.2) is 23.6 Å². The van der Waals surface area contributed by atoms with E-state index in [9.17, 15) is 24.3 Å². The topological polar surface area (TPSA) is 194 Å². The summed E-state index contributed by atoms with van der Waals surface area (Å²) in [6.45, 7) is 18.9. The molecule has 4 heterocycles. The zero-order valence-electron chi connectivity index (χ0n) is 38.7. The number of ether oxygens (including phenoxy) is 4. The van der Waals surface area contributed by atoms with Gasteiger partial charge in [-0.15, -0.1) is 11.3 Å². The molecule has 3 aromatic rings. The number of carboxylic acids is 1. The lowest BCUT2D eigenvalue weighted by Crippen LogP contribution is -2.59. The molecule has 2 aliphatic heterocycles. The van der Waals surface area contributed by atoms with Gasteiger partial charge in [0.2, 0.25) is 11.8 Å². The minimum Gasteiger partial charge on any atom is -0.491 e. The second-order valence-corrected chi connectivity index (χ2v) is 21.8. The van der Waals surface area contributed by atoms with Crippen LogP contribution in [0.5, 0.6) is 11.5 Å². The third kappa shape index (κ3) is 10.1. The quantitative estimate of drug-likeness (QED) is 0.115. The third-order valence-electron chi connectivity index (χ3n) is 13.8. The molecule has 354 valence electrons. The summed E-state index contributed by atoms with van der Waals surface area (Å²) in [7, 11) is 0. The number of carbonyl (C=O) groups is 4. The maximum absolute atomic E-state index is 14.8. The van der Waals surface area contributed by atoms with Gasteiger partial charge in [0, 0.05) is 47.9 Å². The standard InChI is InChI=1S/C47H64ClN7O9S/c1-9-28-21-47(28,42(58)59)53-40(56)34-19-30(22-55(34)41(57)39(45(4,5)6)52-44(60)64-29-17-26-16-27(26)18-29)63-36-20-32(33-23-65-43(51-33)49-25(2)3)50-38-31(36)10-11-35(37(38)48)62-15-13-54-12-14-61-24-46(54,7)8/h10-11,20,23,25-30,34,39H,9,12-19,21-22,24H2,1-8H3,(H,49,51)(H,52,60)(H,53,56)(H,58,59)/t26-,27?,28+,29?,30+,34-,39+,47+/m0/s1. The number of benzene rings is 1. The van der Waals surface area contributed by atoms with Gasteiger partial charge in [0.05, 0.1) is 31.0 Å². The molecule has 0 spiro atoms. The first-order valence-electron chi connectivity index (χ1n) is 23.1. The normalized spacial score (nSPS) is 27.5. The lowest BCUT2D eigenvalue weighted by Gasteiger charge is -2.41. The first kappa shape index (κ1) is 47.1. The van der Waals surface area contributed by atoms with Crippen LogP contribution in [-0.4, -0.2) is 130 Å². The highest BCUT2D eigenvalue weighted by molar-refractivity contribution is 7.14. The number of nitrogens with one attached hydrogen (secondary N) is 3. The van der Waals surface area contributed by atoms with Crippen molar-refractivity contribution < 1.29 is 43.2 Å². The summed E-state index contributed by atoms with van der Waals surface area (Å²) in [6, 6.07) is 3.38. The van der Waals surface area contributed by atoms with Crippen molar-refractivity contribution in [3.63, 3.8) is 0 Å². The van der Waals surface area contributed by atoms with Crippen LogP contribution in [0.1, 0.15) is 93.9 Å². The maximum Gasteiger partial charge on any atom is 0.408 e. The number of amides is 3. The summed E-state index contributed by atoms with van der Waals surface area (Å²) in [4.78, 5) is 68.7. The summed E-state index contributed by atoms with van der Waals surface area (Å²) in [5, 5.41) is 22.8. The Labute approximate surface area is 389 Å². The molecule has 5 fully saturated rings. The number of morpholine rings is 1. The van der Waals surface area contributed by atoms with Gasteiger partial charge in [-0.2, -0.15) is 0 Å². The van der Waals surface area contributed by atoms with Gasteiger partial charge in [-0.3, -0.25) is 14.5 Å². The van der Waals surface area contributed by atoms with E-state index in [0.29, 0.717) is 89.9 Å². The minimum absolute atomic E-state index is 0.0331. The van der Waals surface area contributed by atoms with Gasteiger partial charge in [-0.05, 0) is 88.7 Å². The predicted molar refractivity (Wildman–Crippen MR) is 248 cm³/mol. The van der Waals surface area contributed by atoms with E-state index in [1.54, 1.807) is 12.1 Å². The van der Waals surface area contributed by atoms with Crippen LogP contribution in [0, 0.1) is 23.2 Å². The molecule has 0 bridgehead atoms. The molecule has 4 N–H and O–H groups in total. The van der Waals surface area contributed by atoms with Crippen molar-refractivity contribution in [2.75, 3.05) is 44.8 Å². The Morgan fingerprint density at radius 3 is 2.46 bits per heavy atom. The molecule has 65 heavy (non-hydrogen) atoms. The molecule has 3 saturated carbocycles. The second-order valence-electron chi connectivity index (χ2n) is 20.6. The SMILES string of the molecule is CC[C@@H]1C[C@]1(NC(=O)[C@@H]1C[C@@H](Oc2cc(-c3csc(NC(C)C)n3)nc3c(Cl)c(OCCN4CCOCC4(C)C)ccc23)CN1C(=O)[C@@H](NC(=O)OC1CC2C[C@H]2C1)C(C)(C)C)C(=O)O. The zero-order valence-corrected chi connectivity index (χ0v) is 40.3. The number of thiazole rings is 1. The fourth-order valence-electron chi connectivity index (χ4n) is 9.85. The highest BCUT2D eigenvalue weighted by atomic mass is 35.5. The summed E-state index contributed by atoms with van der Waals surface area (Å²) in [5.41, 5.74) is -0.832. The molecule has 8 rings (SSSR count). The zero-order chi connectivity index (χ0) is 46.6. The van der Waals surface area contributed by atoms with Gasteiger partial charge in [0.25, 0.3) is 0 Å². The number of anilines is 1. The van der Waals surface area contributed by atoms with Crippen molar-refractivity contribution in [2.45, 2.75) is 135 Å². The van der Waals surface area contributed by atoms with Gasteiger partial charge in [0.1, 0.15) is 58.7 Å². The Hall–Kier alpha value is -4.45. The van der Waals surface area contributed by atoms with E-state index >= 15 is 0 Å². The van der Waals surface area contributed by atoms with Crippen molar-refractivity contribution in [3.8, 4) is 22.9 Å². The van der Waals surface area contributed by atoms with Crippen molar-refractivity contribution >= 4 is 62.8 Å². The van der Waals surface area contributed by atoms with Gasteiger partial charge in [0.15, 0.2) is 5.13 Å². The number of halogens is 1. The van der Waals surface area contributed by atoms with Crippen molar-refractivity contribution in [2.24, 2.45) is 23.2 Å².